The highest BCUT2D eigenvalue weighted by molar-refractivity contribution is 7.80. The first-order chi connectivity index (χ1) is 8.58. The third-order valence-corrected chi connectivity index (χ3v) is 2.94. The highest BCUT2D eigenvalue weighted by Gasteiger charge is 2.15. The zero-order valence-electron chi connectivity index (χ0n) is 10.5. The van der Waals surface area contributed by atoms with E-state index in [0.717, 1.165) is 16.6 Å². The summed E-state index contributed by atoms with van der Waals surface area (Å²) >= 11 is 5.06. The number of hydrogen-bond acceptors (Lipinski definition) is 4. The summed E-state index contributed by atoms with van der Waals surface area (Å²) in [6.45, 7) is 1.90. The summed E-state index contributed by atoms with van der Waals surface area (Å²) in [5.41, 5.74) is 8.03. The van der Waals surface area contributed by atoms with Gasteiger partial charge in [-0.15, -0.1) is 0 Å². The number of rotatable bonds is 3. The Bertz CT molecular complexity index is 626. The van der Waals surface area contributed by atoms with Crippen LogP contribution in [0.15, 0.2) is 18.2 Å². The molecule has 5 heteroatoms. The second kappa shape index (κ2) is 4.78. The molecule has 0 aliphatic rings. The third-order valence-electron chi connectivity index (χ3n) is 2.72. The van der Waals surface area contributed by atoms with Crippen molar-refractivity contribution in [3.63, 3.8) is 0 Å². The number of hydrogen-bond donors (Lipinski definition) is 1. The second-order valence-corrected chi connectivity index (χ2v) is 4.31. The van der Waals surface area contributed by atoms with Gasteiger partial charge in [0.05, 0.1) is 19.6 Å². The van der Waals surface area contributed by atoms with Crippen LogP contribution in [0.5, 0.6) is 11.5 Å². The molecule has 0 amide bonds. The van der Waals surface area contributed by atoms with Gasteiger partial charge in [0.15, 0.2) is 0 Å². The summed E-state index contributed by atoms with van der Waals surface area (Å²) in [6.07, 6.45) is 0. The molecule has 0 atom stereocenters. The van der Waals surface area contributed by atoms with Crippen LogP contribution in [-0.2, 0) is 0 Å². The van der Waals surface area contributed by atoms with Crippen LogP contribution in [0.1, 0.15) is 11.3 Å². The average Bonchev–Trinajstić information content (AvgIpc) is 2.35. The molecule has 2 N–H and O–H groups in total. The van der Waals surface area contributed by atoms with E-state index in [1.165, 1.54) is 0 Å². The van der Waals surface area contributed by atoms with Gasteiger partial charge >= 0.3 is 0 Å². The smallest absolute Gasteiger partial charge is 0.145 e. The van der Waals surface area contributed by atoms with Crippen molar-refractivity contribution < 1.29 is 9.47 Å². The van der Waals surface area contributed by atoms with Gasteiger partial charge < -0.3 is 15.2 Å². The second-order valence-electron chi connectivity index (χ2n) is 3.87. The van der Waals surface area contributed by atoms with Crippen LogP contribution in [0.4, 0.5) is 0 Å². The predicted octanol–water partition coefficient (Wildman–Crippen LogP) is 2.19. The standard InChI is InChI=1S/C13H14N2O2S/c1-7-6-10(17-3)11-8(13(14)18)4-5-9(16-2)12(11)15-7/h4-6H,1-3H3,(H2,14,18). The molecule has 4 nitrogen and oxygen atoms in total. The molecular weight excluding hydrogens is 248 g/mol. The molecule has 2 aromatic rings. The van der Waals surface area contributed by atoms with Gasteiger partial charge in [-0.2, -0.15) is 0 Å². The molecule has 1 aromatic carbocycles. The predicted molar refractivity (Wildman–Crippen MR) is 75.5 cm³/mol. The Balaban J connectivity index is 2.95. The zero-order valence-corrected chi connectivity index (χ0v) is 11.3. The molecule has 0 unspecified atom stereocenters. The van der Waals surface area contributed by atoms with Crippen LogP contribution in [0.3, 0.4) is 0 Å². The first kappa shape index (κ1) is 12.6. The van der Waals surface area contributed by atoms with Crippen molar-refractivity contribution in [2.75, 3.05) is 14.2 Å². The lowest BCUT2D eigenvalue weighted by Gasteiger charge is -2.13. The number of fused-ring (bicyclic) bond motifs is 1. The van der Waals surface area contributed by atoms with E-state index < -0.39 is 0 Å². The lowest BCUT2D eigenvalue weighted by Crippen LogP contribution is -2.11. The van der Waals surface area contributed by atoms with E-state index in [4.69, 9.17) is 27.4 Å². The van der Waals surface area contributed by atoms with Gasteiger partial charge in [0, 0.05) is 17.3 Å². The zero-order chi connectivity index (χ0) is 13.3. The molecule has 0 aliphatic carbocycles. The molecule has 0 fully saturated rings. The molecule has 1 heterocycles. The van der Waals surface area contributed by atoms with Gasteiger partial charge in [-0.05, 0) is 19.1 Å². The first-order valence-electron chi connectivity index (χ1n) is 5.40. The van der Waals surface area contributed by atoms with Gasteiger partial charge in [-0.25, -0.2) is 4.98 Å². The molecule has 0 aliphatic heterocycles. The fourth-order valence-electron chi connectivity index (χ4n) is 1.93. The van der Waals surface area contributed by atoms with Crippen molar-refractivity contribution in [3.8, 4) is 11.5 Å². The van der Waals surface area contributed by atoms with Crippen molar-refractivity contribution in [1.82, 2.24) is 4.98 Å². The van der Waals surface area contributed by atoms with Crippen molar-refractivity contribution in [2.24, 2.45) is 5.73 Å². The van der Waals surface area contributed by atoms with Crippen LogP contribution in [0.25, 0.3) is 10.9 Å². The lowest BCUT2D eigenvalue weighted by atomic mass is 10.1. The van der Waals surface area contributed by atoms with E-state index >= 15 is 0 Å². The fraction of sp³-hybridized carbons (Fsp3) is 0.231. The minimum Gasteiger partial charge on any atom is -0.496 e. The first-order valence-corrected chi connectivity index (χ1v) is 5.81. The molecule has 94 valence electrons. The number of aromatic nitrogens is 1. The Morgan fingerprint density at radius 2 is 1.89 bits per heavy atom. The van der Waals surface area contributed by atoms with E-state index in [0.29, 0.717) is 22.0 Å². The van der Waals surface area contributed by atoms with E-state index in [-0.39, 0.29) is 0 Å². The van der Waals surface area contributed by atoms with Gasteiger partial charge in [0.25, 0.3) is 0 Å². The minimum absolute atomic E-state index is 0.312. The van der Waals surface area contributed by atoms with E-state index in [9.17, 15) is 0 Å². The summed E-state index contributed by atoms with van der Waals surface area (Å²) in [6, 6.07) is 5.48. The highest BCUT2D eigenvalue weighted by atomic mass is 32.1. The van der Waals surface area contributed by atoms with Gasteiger partial charge in [-0.1, -0.05) is 12.2 Å². The molecule has 0 saturated carbocycles. The Morgan fingerprint density at radius 1 is 1.22 bits per heavy atom. The Labute approximate surface area is 111 Å². The number of methoxy groups -OCH3 is 2. The average molecular weight is 262 g/mol. The lowest BCUT2D eigenvalue weighted by molar-refractivity contribution is 0.414. The Morgan fingerprint density at radius 3 is 2.44 bits per heavy atom. The molecule has 0 radical (unpaired) electrons. The Kier molecular flexibility index (Phi) is 3.34. The van der Waals surface area contributed by atoms with Gasteiger partial charge in [0.1, 0.15) is 22.0 Å². The molecule has 0 saturated heterocycles. The number of aryl methyl sites for hydroxylation is 1. The van der Waals surface area contributed by atoms with E-state index in [1.54, 1.807) is 14.2 Å². The van der Waals surface area contributed by atoms with Crippen LogP contribution in [0, 0.1) is 6.92 Å². The van der Waals surface area contributed by atoms with Gasteiger partial charge in [-0.3, -0.25) is 0 Å². The topological polar surface area (TPSA) is 57.4 Å². The third kappa shape index (κ3) is 1.97. The summed E-state index contributed by atoms with van der Waals surface area (Å²) in [5.74, 6) is 1.37. The minimum atomic E-state index is 0.312. The molecular formula is C13H14N2O2S. The van der Waals surface area contributed by atoms with E-state index in [2.05, 4.69) is 4.98 Å². The maximum absolute atomic E-state index is 5.74. The highest BCUT2D eigenvalue weighted by Crippen LogP contribution is 2.34. The molecule has 0 bridgehead atoms. The maximum atomic E-state index is 5.74. The monoisotopic (exact) mass is 262 g/mol. The SMILES string of the molecule is COc1ccc(C(N)=S)c2c(OC)cc(C)nc12. The van der Waals surface area contributed by atoms with Crippen molar-refractivity contribution >= 4 is 28.1 Å². The number of nitrogens with two attached hydrogens (primary N) is 1. The van der Waals surface area contributed by atoms with Crippen molar-refractivity contribution in [1.29, 1.82) is 0 Å². The summed E-state index contributed by atoms with van der Waals surface area (Å²) < 4.78 is 10.7. The van der Waals surface area contributed by atoms with Gasteiger partial charge in [0.2, 0.25) is 0 Å². The molecule has 0 spiro atoms. The number of thiocarbonyl (C=S) groups is 1. The van der Waals surface area contributed by atoms with Crippen LogP contribution < -0.4 is 15.2 Å². The van der Waals surface area contributed by atoms with Crippen molar-refractivity contribution in [3.05, 3.63) is 29.5 Å². The Hall–Kier alpha value is -1.88. The molecule has 2 rings (SSSR count). The summed E-state index contributed by atoms with van der Waals surface area (Å²) in [4.78, 5) is 4.79. The van der Waals surface area contributed by atoms with Crippen LogP contribution in [-0.4, -0.2) is 24.2 Å². The van der Waals surface area contributed by atoms with Crippen molar-refractivity contribution in [2.45, 2.75) is 6.92 Å². The normalized spacial score (nSPS) is 10.4. The number of pyridine rings is 1. The number of ether oxygens (including phenoxy) is 2. The maximum Gasteiger partial charge on any atom is 0.145 e. The molecule has 18 heavy (non-hydrogen) atoms. The van der Waals surface area contributed by atoms with Crippen LogP contribution >= 0.6 is 12.2 Å². The number of benzene rings is 1. The number of nitrogens with zero attached hydrogens (tertiary/aromatic N) is 1. The molecule has 1 aromatic heterocycles. The van der Waals surface area contributed by atoms with E-state index in [1.807, 2.05) is 25.1 Å². The van der Waals surface area contributed by atoms with Crippen LogP contribution in [0.2, 0.25) is 0 Å². The fourth-order valence-corrected chi connectivity index (χ4v) is 2.10. The summed E-state index contributed by atoms with van der Waals surface area (Å²) in [5, 5.41) is 0.787. The largest absolute Gasteiger partial charge is 0.496 e. The quantitative estimate of drug-likeness (QED) is 0.859. The summed E-state index contributed by atoms with van der Waals surface area (Å²) in [7, 11) is 3.21.